The van der Waals surface area contributed by atoms with Gasteiger partial charge >= 0.3 is 0 Å². The van der Waals surface area contributed by atoms with Crippen LogP contribution in [-0.2, 0) is 9.84 Å². The van der Waals surface area contributed by atoms with Gasteiger partial charge in [-0.05, 0) is 53.4 Å². The fourth-order valence-corrected chi connectivity index (χ4v) is 4.80. The van der Waals surface area contributed by atoms with Crippen LogP contribution < -0.4 is 4.74 Å². The van der Waals surface area contributed by atoms with Crippen LogP contribution in [-0.4, -0.2) is 8.42 Å². The molecule has 0 atom stereocenters. The maximum atomic E-state index is 12.5. The number of hydrogen-bond acceptors (Lipinski definition) is 4. The minimum Gasteiger partial charge on any atom is -0.276 e. The molecular formula is C17H10BrClO3S2. The molecule has 0 aliphatic carbocycles. The molecule has 1 heterocycles. The first kappa shape index (κ1) is 17.4. The Hall–Kier alpha value is -1.47. The van der Waals surface area contributed by atoms with Crippen molar-refractivity contribution in [3.63, 3.8) is 0 Å². The SMILES string of the molecule is O=c1sc2ccc(Br)cc2cc1S(=O)(=O)/C=C/c1ccc(Cl)cc1. The van der Waals surface area contributed by atoms with Crippen molar-refractivity contribution in [3.05, 3.63) is 78.5 Å². The molecule has 3 nitrogen and oxygen atoms in total. The first-order valence-electron chi connectivity index (χ1n) is 6.77. The van der Waals surface area contributed by atoms with Crippen LogP contribution in [0.3, 0.4) is 0 Å². The van der Waals surface area contributed by atoms with Crippen LogP contribution in [0.4, 0.5) is 0 Å². The molecule has 7 heteroatoms. The quantitative estimate of drug-likeness (QED) is 0.567. The molecule has 3 aromatic rings. The Morgan fingerprint density at radius 2 is 1.75 bits per heavy atom. The summed E-state index contributed by atoms with van der Waals surface area (Å²) in [6.07, 6.45) is 1.45. The van der Waals surface area contributed by atoms with Crippen molar-refractivity contribution in [3.8, 4) is 0 Å². The Labute approximate surface area is 156 Å². The highest BCUT2D eigenvalue weighted by molar-refractivity contribution is 9.10. The smallest absolute Gasteiger partial charge is 0.251 e. The summed E-state index contributed by atoms with van der Waals surface area (Å²) >= 11 is 10.1. The zero-order chi connectivity index (χ0) is 17.3. The third-order valence-electron chi connectivity index (χ3n) is 3.28. The van der Waals surface area contributed by atoms with Crippen LogP contribution in [0.15, 0.2) is 68.1 Å². The van der Waals surface area contributed by atoms with E-state index in [1.807, 2.05) is 6.07 Å². The van der Waals surface area contributed by atoms with Gasteiger partial charge in [-0.3, -0.25) is 4.79 Å². The van der Waals surface area contributed by atoms with Gasteiger partial charge in [-0.25, -0.2) is 8.42 Å². The van der Waals surface area contributed by atoms with Crippen molar-refractivity contribution >= 4 is 64.9 Å². The summed E-state index contributed by atoms with van der Waals surface area (Å²) in [7, 11) is -3.83. The molecule has 0 saturated heterocycles. The summed E-state index contributed by atoms with van der Waals surface area (Å²) in [6.45, 7) is 0. The predicted molar refractivity (Wildman–Crippen MR) is 103 cm³/mol. The van der Waals surface area contributed by atoms with Crippen LogP contribution in [0.1, 0.15) is 5.56 Å². The van der Waals surface area contributed by atoms with E-state index in [0.717, 1.165) is 25.9 Å². The molecule has 0 fully saturated rings. The van der Waals surface area contributed by atoms with Crippen molar-refractivity contribution in [2.75, 3.05) is 0 Å². The van der Waals surface area contributed by atoms with E-state index in [-0.39, 0.29) is 4.90 Å². The van der Waals surface area contributed by atoms with Crippen molar-refractivity contribution in [2.45, 2.75) is 4.90 Å². The second kappa shape index (κ2) is 6.80. The third kappa shape index (κ3) is 3.78. The molecule has 0 spiro atoms. The zero-order valence-electron chi connectivity index (χ0n) is 12.1. The van der Waals surface area contributed by atoms with E-state index in [0.29, 0.717) is 16.0 Å². The van der Waals surface area contributed by atoms with E-state index >= 15 is 0 Å². The molecule has 0 aliphatic rings. The van der Waals surface area contributed by atoms with Crippen LogP contribution in [0.2, 0.25) is 5.02 Å². The molecule has 3 rings (SSSR count). The van der Waals surface area contributed by atoms with Crippen molar-refractivity contribution in [1.29, 1.82) is 0 Å². The summed E-state index contributed by atoms with van der Waals surface area (Å²) in [5.74, 6) is 0. The number of fused-ring (bicyclic) bond motifs is 1. The molecule has 2 aromatic carbocycles. The molecule has 0 bridgehead atoms. The Kier molecular flexibility index (Phi) is 4.92. The summed E-state index contributed by atoms with van der Waals surface area (Å²) < 4.78 is 26.1. The lowest BCUT2D eigenvalue weighted by atomic mass is 10.2. The molecule has 24 heavy (non-hydrogen) atoms. The van der Waals surface area contributed by atoms with Gasteiger partial charge in [0.25, 0.3) is 4.74 Å². The van der Waals surface area contributed by atoms with Crippen molar-refractivity contribution in [1.82, 2.24) is 0 Å². The number of hydrogen-bond donors (Lipinski definition) is 0. The van der Waals surface area contributed by atoms with E-state index in [9.17, 15) is 13.2 Å². The third-order valence-corrected chi connectivity index (χ3v) is 6.56. The van der Waals surface area contributed by atoms with Crippen molar-refractivity contribution in [2.24, 2.45) is 0 Å². The highest BCUT2D eigenvalue weighted by Gasteiger charge is 2.16. The largest absolute Gasteiger partial charge is 0.276 e. The van der Waals surface area contributed by atoms with Gasteiger partial charge in [0.1, 0.15) is 4.90 Å². The van der Waals surface area contributed by atoms with E-state index in [1.54, 1.807) is 36.4 Å². The van der Waals surface area contributed by atoms with Gasteiger partial charge < -0.3 is 0 Å². The van der Waals surface area contributed by atoms with Gasteiger partial charge in [0.15, 0.2) is 0 Å². The minimum absolute atomic E-state index is 0.219. The van der Waals surface area contributed by atoms with E-state index < -0.39 is 14.6 Å². The van der Waals surface area contributed by atoms with E-state index in [4.69, 9.17) is 11.6 Å². The standard InChI is InChI=1S/C17H10BrClO3S2/c18-13-3-6-15-12(9-13)10-16(17(20)23-15)24(21,22)8-7-11-1-4-14(19)5-2-11/h1-10H/b8-7+. The van der Waals surface area contributed by atoms with E-state index in [2.05, 4.69) is 15.9 Å². The molecular weight excluding hydrogens is 432 g/mol. The lowest BCUT2D eigenvalue weighted by Gasteiger charge is -2.02. The Bertz CT molecular complexity index is 1100. The Balaban J connectivity index is 2.06. The first-order valence-corrected chi connectivity index (χ1v) is 10.3. The molecule has 0 radical (unpaired) electrons. The predicted octanol–water partition coefficient (Wildman–Crippen LogP) is 5.12. The fourth-order valence-electron chi connectivity index (χ4n) is 2.09. The van der Waals surface area contributed by atoms with Gasteiger partial charge in [0, 0.05) is 19.6 Å². The second-order valence-electron chi connectivity index (χ2n) is 4.98. The normalized spacial score (nSPS) is 12.1. The second-order valence-corrected chi connectivity index (χ2v) is 9.15. The van der Waals surface area contributed by atoms with Gasteiger partial charge in [0.2, 0.25) is 9.84 Å². The number of benzene rings is 2. The Morgan fingerprint density at radius 3 is 2.46 bits per heavy atom. The van der Waals surface area contributed by atoms with Gasteiger partial charge in [-0.2, -0.15) is 0 Å². The lowest BCUT2D eigenvalue weighted by molar-refractivity contribution is 0.604. The van der Waals surface area contributed by atoms with Crippen molar-refractivity contribution < 1.29 is 8.42 Å². The number of halogens is 2. The van der Waals surface area contributed by atoms with Crippen LogP contribution >= 0.6 is 38.9 Å². The van der Waals surface area contributed by atoms with Crippen LogP contribution in [0, 0.1) is 0 Å². The molecule has 1 aromatic heterocycles. The molecule has 0 amide bonds. The first-order chi connectivity index (χ1) is 11.3. The fraction of sp³-hybridized carbons (Fsp3) is 0. The maximum absolute atomic E-state index is 12.5. The molecule has 0 saturated carbocycles. The number of rotatable bonds is 3. The maximum Gasteiger partial charge on any atom is 0.251 e. The average Bonchev–Trinajstić information content (AvgIpc) is 2.54. The number of sulfone groups is 1. The Morgan fingerprint density at radius 1 is 1.04 bits per heavy atom. The molecule has 0 aliphatic heterocycles. The van der Waals surface area contributed by atoms with E-state index in [1.165, 1.54) is 12.1 Å². The lowest BCUT2D eigenvalue weighted by Crippen LogP contribution is -2.09. The van der Waals surface area contributed by atoms with Gasteiger partial charge in [-0.15, -0.1) is 0 Å². The highest BCUT2D eigenvalue weighted by Crippen LogP contribution is 2.24. The summed E-state index contributed by atoms with van der Waals surface area (Å²) in [4.78, 5) is 12.0. The van der Waals surface area contributed by atoms with Gasteiger partial charge in [0.05, 0.1) is 0 Å². The van der Waals surface area contributed by atoms with Crippen LogP contribution in [0.25, 0.3) is 16.2 Å². The zero-order valence-corrected chi connectivity index (χ0v) is 16.0. The van der Waals surface area contributed by atoms with Gasteiger partial charge in [-0.1, -0.05) is 51.0 Å². The highest BCUT2D eigenvalue weighted by atomic mass is 79.9. The minimum atomic E-state index is -3.83. The average molecular weight is 442 g/mol. The topological polar surface area (TPSA) is 51.2 Å². The summed E-state index contributed by atoms with van der Waals surface area (Å²) in [6, 6.07) is 13.5. The molecule has 122 valence electrons. The van der Waals surface area contributed by atoms with Crippen LogP contribution in [0.5, 0.6) is 0 Å². The molecule has 0 unspecified atom stereocenters. The monoisotopic (exact) mass is 440 g/mol. The summed E-state index contributed by atoms with van der Waals surface area (Å²) in [5, 5.41) is 2.31. The molecule has 0 N–H and O–H groups in total. The summed E-state index contributed by atoms with van der Waals surface area (Å²) in [5.41, 5.74) is 0.683.